The van der Waals surface area contributed by atoms with Crippen LogP contribution in [0.2, 0.25) is 0 Å². The number of esters is 1. The highest BCUT2D eigenvalue weighted by Crippen LogP contribution is 2.09. The topological polar surface area (TPSA) is 87.3 Å². The molecular formula is C11H17N3O3. The molecule has 1 aromatic rings. The molecular weight excluding hydrogens is 222 g/mol. The van der Waals surface area contributed by atoms with Gasteiger partial charge in [-0.2, -0.15) is 0 Å². The lowest BCUT2D eigenvalue weighted by atomic mass is 10.3. The number of anilines is 1. The first-order valence-electron chi connectivity index (χ1n) is 5.55. The van der Waals surface area contributed by atoms with Gasteiger partial charge in [0.15, 0.2) is 5.82 Å². The molecule has 0 fully saturated rings. The Hall–Kier alpha value is -1.69. The van der Waals surface area contributed by atoms with E-state index in [4.69, 9.17) is 15.2 Å². The van der Waals surface area contributed by atoms with Gasteiger partial charge >= 0.3 is 5.97 Å². The van der Waals surface area contributed by atoms with Gasteiger partial charge in [-0.25, -0.2) is 14.8 Å². The molecule has 0 radical (unpaired) electrons. The van der Waals surface area contributed by atoms with E-state index >= 15 is 0 Å². The second-order valence-corrected chi connectivity index (χ2v) is 3.36. The summed E-state index contributed by atoms with van der Waals surface area (Å²) in [7, 11) is 0. The number of nitrogens with zero attached hydrogens (tertiary/aromatic N) is 2. The maximum atomic E-state index is 11.4. The van der Waals surface area contributed by atoms with E-state index < -0.39 is 5.97 Å². The molecule has 1 heterocycles. The molecule has 0 aliphatic rings. The minimum Gasteiger partial charge on any atom is -0.462 e. The van der Waals surface area contributed by atoms with Crippen molar-refractivity contribution in [2.75, 3.05) is 18.9 Å². The fraction of sp³-hybridized carbons (Fsp3) is 0.545. The number of nitrogens with two attached hydrogens (primary N) is 1. The molecule has 6 heteroatoms. The lowest BCUT2D eigenvalue weighted by Gasteiger charge is -2.06. The molecule has 17 heavy (non-hydrogen) atoms. The van der Waals surface area contributed by atoms with Gasteiger partial charge < -0.3 is 15.2 Å². The quantitative estimate of drug-likeness (QED) is 0.592. The third kappa shape index (κ3) is 3.99. The number of nitrogen functional groups attached to an aromatic ring is 1. The molecule has 1 aromatic heterocycles. The van der Waals surface area contributed by atoms with E-state index in [2.05, 4.69) is 9.97 Å². The Kier molecular flexibility index (Phi) is 5.35. The number of ether oxygens (including phenoxy) is 2. The molecule has 0 atom stereocenters. The Morgan fingerprint density at radius 3 is 2.82 bits per heavy atom. The molecule has 6 nitrogen and oxygen atoms in total. The number of hydrogen-bond acceptors (Lipinski definition) is 6. The maximum absolute atomic E-state index is 11.4. The highest BCUT2D eigenvalue weighted by molar-refractivity contribution is 5.93. The Labute approximate surface area is 100 Å². The van der Waals surface area contributed by atoms with Gasteiger partial charge in [0.25, 0.3) is 0 Å². The summed E-state index contributed by atoms with van der Waals surface area (Å²) in [6.07, 6.45) is 2.29. The first-order chi connectivity index (χ1) is 8.19. The number of aromatic nitrogens is 2. The van der Waals surface area contributed by atoms with Crippen molar-refractivity contribution in [2.45, 2.75) is 26.9 Å². The normalized spacial score (nSPS) is 10.2. The summed E-state index contributed by atoms with van der Waals surface area (Å²) >= 11 is 0. The fourth-order valence-electron chi connectivity index (χ4n) is 1.18. The highest BCUT2D eigenvalue weighted by atomic mass is 16.5. The number of carbonyl (C=O) groups excluding carboxylic acids is 1. The largest absolute Gasteiger partial charge is 0.462 e. The molecule has 0 spiro atoms. The van der Waals surface area contributed by atoms with E-state index in [0.29, 0.717) is 25.6 Å². The van der Waals surface area contributed by atoms with E-state index in [-0.39, 0.29) is 11.4 Å². The van der Waals surface area contributed by atoms with Crippen LogP contribution in [0.15, 0.2) is 6.20 Å². The average Bonchev–Trinajstić information content (AvgIpc) is 2.29. The summed E-state index contributed by atoms with van der Waals surface area (Å²) in [6.45, 7) is 4.96. The summed E-state index contributed by atoms with van der Waals surface area (Å²) in [6, 6.07) is 0. The summed E-state index contributed by atoms with van der Waals surface area (Å²) in [5, 5.41) is 0. The van der Waals surface area contributed by atoms with Gasteiger partial charge in [0.2, 0.25) is 0 Å². The Morgan fingerprint density at radius 1 is 1.47 bits per heavy atom. The number of rotatable bonds is 6. The number of hydrogen-bond donors (Lipinski definition) is 1. The number of carbonyl (C=O) groups is 1. The maximum Gasteiger partial charge on any atom is 0.343 e. The van der Waals surface area contributed by atoms with Crippen molar-refractivity contribution in [3.63, 3.8) is 0 Å². The van der Waals surface area contributed by atoms with Gasteiger partial charge in [-0.1, -0.05) is 6.92 Å². The Bertz CT molecular complexity index is 382. The van der Waals surface area contributed by atoms with E-state index in [0.717, 1.165) is 6.42 Å². The average molecular weight is 239 g/mol. The first kappa shape index (κ1) is 13.4. The Balaban J connectivity index is 2.68. The van der Waals surface area contributed by atoms with Crippen molar-refractivity contribution in [3.8, 4) is 0 Å². The first-order valence-corrected chi connectivity index (χ1v) is 5.55. The molecule has 0 aromatic carbocycles. The van der Waals surface area contributed by atoms with Gasteiger partial charge in [-0.3, -0.25) is 0 Å². The summed E-state index contributed by atoms with van der Waals surface area (Å²) in [5.41, 5.74) is 5.84. The van der Waals surface area contributed by atoms with Crippen LogP contribution in [0.4, 0.5) is 5.82 Å². The second-order valence-electron chi connectivity index (χ2n) is 3.36. The van der Waals surface area contributed by atoms with Crippen LogP contribution in [0.25, 0.3) is 0 Å². The van der Waals surface area contributed by atoms with Gasteiger partial charge in [0.1, 0.15) is 18.0 Å². The van der Waals surface area contributed by atoms with E-state index in [1.165, 1.54) is 6.20 Å². The Morgan fingerprint density at radius 2 is 2.24 bits per heavy atom. The molecule has 2 N–H and O–H groups in total. The minimum absolute atomic E-state index is 0.119. The summed E-state index contributed by atoms with van der Waals surface area (Å²) in [4.78, 5) is 19.4. The molecule has 0 bridgehead atoms. The van der Waals surface area contributed by atoms with Crippen LogP contribution >= 0.6 is 0 Å². The van der Waals surface area contributed by atoms with Crippen molar-refractivity contribution in [2.24, 2.45) is 0 Å². The van der Waals surface area contributed by atoms with Gasteiger partial charge in [-0.05, 0) is 13.3 Å². The fourth-order valence-corrected chi connectivity index (χ4v) is 1.18. The van der Waals surface area contributed by atoms with Crippen molar-refractivity contribution >= 4 is 11.8 Å². The minimum atomic E-state index is -0.508. The zero-order valence-corrected chi connectivity index (χ0v) is 10.1. The predicted octanol–water partition coefficient (Wildman–Crippen LogP) is 1.16. The third-order valence-corrected chi connectivity index (χ3v) is 1.94. The van der Waals surface area contributed by atoms with Crippen LogP contribution in [0.3, 0.4) is 0 Å². The van der Waals surface area contributed by atoms with Gasteiger partial charge in [-0.15, -0.1) is 0 Å². The molecule has 0 saturated heterocycles. The second kappa shape index (κ2) is 6.80. The molecule has 0 aliphatic heterocycles. The lowest BCUT2D eigenvalue weighted by Crippen LogP contribution is -2.12. The molecule has 0 amide bonds. The van der Waals surface area contributed by atoms with Crippen LogP contribution in [-0.2, 0) is 16.1 Å². The lowest BCUT2D eigenvalue weighted by molar-refractivity contribution is 0.0526. The summed E-state index contributed by atoms with van der Waals surface area (Å²) in [5.74, 6) is 0.0728. The van der Waals surface area contributed by atoms with Gasteiger partial charge in [0, 0.05) is 12.8 Å². The van der Waals surface area contributed by atoms with Crippen molar-refractivity contribution in [3.05, 3.63) is 17.6 Å². The van der Waals surface area contributed by atoms with Crippen LogP contribution in [-0.4, -0.2) is 29.2 Å². The van der Waals surface area contributed by atoms with Crippen LogP contribution in [0, 0.1) is 0 Å². The molecule has 94 valence electrons. The van der Waals surface area contributed by atoms with Crippen molar-refractivity contribution < 1.29 is 14.3 Å². The summed E-state index contributed by atoms with van der Waals surface area (Å²) < 4.78 is 10.1. The van der Waals surface area contributed by atoms with Gasteiger partial charge in [0.05, 0.1) is 6.61 Å². The highest BCUT2D eigenvalue weighted by Gasteiger charge is 2.13. The van der Waals surface area contributed by atoms with E-state index in [1.807, 2.05) is 6.92 Å². The van der Waals surface area contributed by atoms with Crippen molar-refractivity contribution in [1.29, 1.82) is 0 Å². The van der Waals surface area contributed by atoms with Crippen LogP contribution in [0.1, 0.15) is 36.5 Å². The van der Waals surface area contributed by atoms with Crippen LogP contribution in [0.5, 0.6) is 0 Å². The zero-order chi connectivity index (χ0) is 12.7. The SMILES string of the molecule is CCCOCc1ncc(C(=O)OCC)c(N)n1. The molecule has 0 saturated carbocycles. The van der Waals surface area contributed by atoms with Crippen LogP contribution < -0.4 is 5.73 Å². The third-order valence-electron chi connectivity index (χ3n) is 1.94. The standard InChI is InChI=1S/C11H17N3O3/c1-3-5-16-7-9-13-6-8(10(12)14-9)11(15)17-4-2/h6H,3-5,7H2,1-2H3,(H2,12,13,14). The molecule has 0 unspecified atom stereocenters. The van der Waals surface area contributed by atoms with E-state index in [9.17, 15) is 4.79 Å². The molecule has 0 aliphatic carbocycles. The smallest absolute Gasteiger partial charge is 0.343 e. The molecule has 1 rings (SSSR count). The van der Waals surface area contributed by atoms with E-state index in [1.54, 1.807) is 6.92 Å². The predicted molar refractivity (Wildman–Crippen MR) is 62.3 cm³/mol. The zero-order valence-electron chi connectivity index (χ0n) is 10.1. The van der Waals surface area contributed by atoms with Crippen molar-refractivity contribution in [1.82, 2.24) is 9.97 Å². The monoisotopic (exact) mass is 239 g/mol.